The molecule has 1 aromatic carbocycles. The Bertz CT molecular complexity index is 786. The maximum atomic E-state index is 10.6. The third kappa shape index (κ3) is 3.60. The van der Waals surface area contributed by atoms with E-state index in [2.05, 4.69) is 9.97 Å². The average molecular weight is 327 g/mol. The van der Waals surface area contributed by atoms with Gasteiger partial charge in [0.2, 0.25) is 0 Å². The molecule has 1 atom stereocenters. The molecule has 1 unspecified atom stereocenters. The van der Waals surface area contributed by atoms with Crippen molar-refractivity contribution >= 4 is 18.1 Å². The number of H-pyrrole nitrogens is 1. The standard InChI is InChI=1S/C18H15ClN2O2/c19-18-9-14(6-7-20-18)17-8-15(10-21-17)16(11-23-12-22)13-4-2-1-3-5-13/h1-10,12,16,21H,11H2. The number of halogens is 1. The van der Waals surface area contributed by atoms with Crippen LogP contribution in [0.5, 0.6) is 0 Å². The maximum Gasteiger partial charge on any atom is 0.293 e. The summed E-state index contributed by atoms with van der Waals surface area (Å²) in [6.07, 6.45) is 3.60. The number of pyridine rings is 1. The Kier molecular flexibility index (Phi) is 4.74. The van der Waals surface area contributed by atoms with Gasteiger partial charge >= 0.3 is 0 Å². The van der Waals surface area contributed by atoms with Gasteiger partial charge in [-0.05, 0) is 29.3 Å². The van der Waals surface area contributed by atoms with Crippen molar-refractivity contribution in [1.82, 2.24) is 9.97 Å². The molecule has 0 aliphatic heterocycles. The normalized spacial score (nSPS) is 11.9. The molecule has 0 saturated carbocycles. The molecule has 2 heterocycles. The molecular formula is C18H15ClN2O2. The Morgan fingerprint density at radius 3 is 2.74 bits per heavy atom. The largest absolute Gasteiger partial charge is 0.467 e. The minimum absolute atomic E-state index is 0.0243. The zero-order valence-electron chi connectivity index (χ0n) is 12.3. The van der Waals surface area contributed by atoms with Crippen molar-refractivity contribution in [3.8, 4) is 11.3 Å². The Labute approximate surface area is 139 Å². The highest BCUT2D eigenvalue weighted by Gasteiger charge is 2.17. The third-order valence-corrected chi connectivity index (χ3v) is 3.88. The molecule has 0 bridgehead atoms. The van der Waals surface area contributed by atoms with Crippen LogP contribution in [-0.2, 0) is 9.53 Å². The van der Waals surface area contributed by atoms with Crippen LogP contribution in [-0.4, -0.2) is 23.0 Å². The molecule has 23 heavy (non-hydrogen) atoms. The van der Waals surface area contributed by atoms with E-state index in [4.69, 9.17) is 16.3 Å². The minimum atomic E-state index is -0.0243. The van der Waals surface area contributed by atoms with Gasteiger partial charge in [-0.25, -0.2) is 4.98 Å². The van der Waals surface area contributed by atoms with Crippen LogP contribution in [0.4, 0.5) is 0 Å². The quantitative estimate of drug-likeness (QED) is 0.549. The number of benzene rings is 1. The lowest BCUT2D eigenvalue weighted by Crippen LogP contribution is -2.08. The SMILES string of the molecule is O=COCC(c1ccccc1)c1c[nH]c(-c2ccnc(Cl)c2)c1. The number of nitrogens with one attached hydrogen (secondary N) is 1. The molecule has 3 aromatic rings. The van der Waals surface area contributed by atoms with Gasteiger partial charge in [0.15, 0.2) is 0 Å². The van der Waals surface area contributed by atoms with E-state index in [0.717, 1.165) is 22.4 Å². The molecule has 1 N–H and O–H groups in total. The second kappa shape index (κ2) is 7.11. The molecule has 116 valence electrons. The zero-order chi connectivity index (χ0) is 16.1. The van der Waals surface area contributed by atoms with Crippen LogP contribution < -0.4 is 0 Å². The molecule has 5 heteroatoms. The first-order chi connectivity index (χ1) is 11.3. The van der Waals surface area contributed by atoms with E-state index in [1.807, 2.05) is 48.7 Å². The lowest BCUT2D eigenvalue weighted by molar-refractivity contribution is -0.128. The Morgan fingerprint density at radius 2 is 2.00 bits per heavy atom. The number of hydrogen-bond donors (Lipinski definition) is 1. The summed E-state index contributed by atoms with van der Waals surface area (Å²) in [6, 6.07) is 15.7. The predicted molar refractivity (Wildman–Crippen MR) is 89.3 cm³/mol. The fourth-order valence-electron chi connectivity index (χ4n) is 2.55. The fraction of sp³-hybridized carbons (Fsp3) is 0.111. The van der Waals surface area contributed by atoms with Crippen molar-refractivity contribution in [3.63, 3.8) is 0 Å². The maximum absolute atomic E-state index is 10.6. The van der Waals surface area contributed by atoms with Crippen LogP contribution in [0.3, 0.4) is 0 Å². The first-order valence-corrected chi connectivity index (χ1v) is 7.56. The number of aromatic nitrogens is 2. The monoisotopic (exact) mass is 326 g/mol. The summed E-state index contributed by atoms with van der Waals surface area (Å²) >= 11 is 5.94. The van der Waals surface area contributed by atoms with E-state index < -0.39 is 0 Å². The second-order valence-electron chi connectivity index (χ2n) is 5.11. The molecule has 4 nitrogen and oxygen atoms in total. The summed E-state index contributed by atoms with van der Waals surface area (Å²) in [6.45, 7) is 0.772. The number of carbonyl (C=O) groups excluding carboxylic acids is 1. The highest BCUT2D eigenvalue weighted by molar-refractivity contribution is 6.29. The van der Waals surface area contributed by atoms with E-state index in [0.29, 0.717) is 18.2 Å². The van der Waals surface area contributed by atoms with Crippen molar-refractivity contribution < 1.29 is 9.53 Å². The first-order valence-electron chi connectivity index (χ1n) is 7.18. The summed E-state index contributed by atoms with van der Waals surface area (Å²) in [4.78, 5) is 17.8. The smallest absolute Gasteiger partial charge is 0.293 e. The van der Waals surface area contributed by atoms with Gasteiger partial charge in [0.25, 0.3) is 6.47 Å². The molecule has 0 aliphatic carbocycles. The van der Waals surface area contributed by atoms with Crippen LogP contribution in [0.25, 0.3) is 11.3 Å². The van der Waals surface area contributed by atoms with Gasteiger partial charge in [0.1, 0.15) is 11.8 Å². The molecule has 3 rings (SSSR count). The van der Waals surface area contributed by atoms with E-state index >= 15 is 0 Å². The summed E-state index contributed by atoms with van der Waals surface area (Å²) in [7, 11) is 0. The summed E-state index contributed by atoms with van der Waals surface area (Å²) in [5.41, 5.74) is 4.03. The average Bonchev–Trinajstić information content (AvgIpc) is 3.06. The highest BCUT2D eigenvalue weighted by Crippen LogP contribution is 2.29. The van der Waals surface area contributed by atoms with E-state index in [-0.39, 0.29) is 5.92 Å². The zero-order valence-corrected chi connectivity index (χ0v) is 13.0. The molecule has 0 amide bonds. The van der Waals surface area contributed by atoms with Crippen molar-refractivity contribution in [2.75, 3.05) is 6.61 Å². The van der Waals surface area contributed by atoms with Crippen molar-refractivity contribution in [2.24, 2.45) is 0 Å². The number of carbonyl (C=O) groups is 1. The minimum Gasteiger partial charge on any atom is -0.467 e. The van der Waals surface area contributed by atoms with Gasteiger partial charge in [-0.3, -0.25) is 4.79 Å². The first kappa shape index (κ1) is 15.3. The van der Waals surface area contributed by atoms with Crippen LogP contribution >= 0.6 is 11.6 Å². The number of rotatable bonds is 6. The number of ether oxygens (including phenoxy) is 1. The lowest BCUT2D eigenvalue weighted by atomic mass is 9.93. The molecule has 2 aromatic heterocycles. The van der Waals surface area contributed by atoms with Gasteiger partial charge in [-0.1, -0.05) is 41.9 Å². The third-order valence-electron chi connectivity index (χ3n) is 3.68. The molecular weight excluding hydrogens is 312 g/mol. The topological polar surface area (TPSA) is 55.0 Å². The molecule has 0 radical (unpaired) electrons. The predicted octanol–water partition coefficient (Wildman–Crippen LogP) is 4.04. The van der Waals surface area contributed by atoms with Gasteiger partial charge < -0.3 is 9.72 Å². The van der Waals surface area contributed by atoms with Gasteiger partial charge in [0, 0.05) is 29.6 Å². The Morgan fingerprint density at radius 1 is 1.17 bits per heavy atom. The summed E-state index contributed by atoms with van der Waals surface area (Å²) in [5.74, 6) is -0.0243. The van der Waals surface area contributed by atoms with E-state index in [9.17, 15) is 4.79 Å². The molecule has 0 saturated heterocycles. The van der Waals surface area contributed by atoms with Crippen molar-refractivity contribution in [2.45, 2.75) is 5.92 Å². The molecule has 0 aliphatic rings. The van der Waals surface area contributed by atoms with Crippen LogP contribution in [0, 0.1) is 0 Å². The number of hydrogen-bond acceptors (Lipinski definition) is 3. The van der Waals surface area contributed by atoms with Gasteiger partial charge in [-0.15, -0.1) is 0 Å². The van der Waals surface area contributed by atoms with Crippen LogP contribution in [0.15, 0.2) is 60.9 Å². The summed E-state index contributed by atoms with van der Waals surface area (Å²) in [5, 5.41) is 0.447. The van der Waals surface area contributed by atoms with E-state index in [1.54, 1.807) is 12.3 Å². The van der Waals surface area contributed by atoms with Crippen LogP contribution in [0.1, 0.15) is 17.0 Å². The second-order valence-corrected chi connectivity index (χ2v) is 5.49. The fourth-order valence-corrected chi connectivity index (χ4v) is 2.73. The number of aromatic amines is 1. The Balaban J connectivity index is 1.93. The lowest BCUT2D eigenvalue weighted by Gasteiger charge is -2.14. The number of nitrogens with zero attached hydrogens (tertiary/aromatic N) is 1. The van der Waals surface area contributed by atoms with Gasteiger partial charge in [0.05, 0.1) is 0 Å². The molecule has 0 spiro atoms. The summed E-state index contributed by atoms with van der Waals surface area (Å²) < 4.78 is 5.01. The van der Waals surface area contributed by atoms with Crippen molar-refractivity contribution in [3.05, 3.63) is 77.2 Å². The van der Waals surface area contributed by atoms with E-state index in [1.165, 1.54) is 0 Å². The van der Waals surface area contributed by atoms with Gasteiger partial charge in [-0.2, -0.15) is 0 Å². The molecule has 0 fully saturated rings. The van der Waals surface area contributed by atoms with Crippen molar-refractivity contribution in [1.29, 1.82) is 0 Å². The Hall–Kier alpha value is -2.59. The highest BCUT2D eigenvalue weighted by atomic mass is 35.5. The van der Waals surface area contributed by atoms with Crippen LogP contribution in [0.2, 0.25) is 5.15 Å².